The van der Waals surface area contributed by atoms with Crippen LogP contribution >= 0.6 is 0 Å². The van der Waals surface area contributed by atoms with Gasteiger partial charge in [-0.2, -0.15) is 0 Å². The molecule has 10 nitrogen and oxygen atoms in total. The van der Waals surface area contributed by atoms with Crippen molar-refractivity contribution in [1.82, 2.24) is 0 Å². The van der Waals surface area contributed by atoms with E-state index >= 15 is 0 Å². The van der Waals surface area contributed by atoms with Crippen molar-refractivity contribution in [3.8, 4) is 0 Å². The van der Waals surface area contributed by atoms with Crippen LogP contribution in [0.5, 0.6) is 0 Å². The Kier molecular flexibility index (Phi) is 23.3. The van der Waals surface area contributed by atoms with Crippen LogP contribution in [-0.4, -0.2) is 29.8 Å². The molecule has 0 radical (unpaired) electrons. The Morgan fingerprint density at radius 1 is 0.277 bits per heavy atom. The molecule has 0 fully saturated rings. The van der Waals surface area contributed by atoms with Gasteiger partial charge in [0.1, 0.15) is 0 Å². The van der Waals surface area contributed by atoms with Crippen LogP contribution in [0.15, 0.2) is 152 Å². The number of carbonyl (C=O) groups is 5. The summed E-state index contributed by atoms with van der Waals surface area (Å²) in [5, 5.41) is 50.4. The first-order valence-electron chi connectivity index (χ1n) is 12.8. The third kappa shape index (κ3) is 19.8. The van der Waals surface area contributed by atoms with E-state index in [0.717, 1.165) is 0 Å². The van der Waals surface area contributed by atoms with E-state index in [1.165, 1.54) is 60.7 Å². The monoisotopic (exact) mass is 624 g/mol. The summed E-state index contributed by atoms with van der Waals surface area (Å²) in [4.78, 5) is 50.4. The molecule has 0 aliphatic rings. The van der Waals surface area contributed by atoms with Crippen LogP contribution in [0, 0.1) is 7.43 Å². The first kappa shape index (κ1) is 43.2. The summed E-state index contributed by atoms with van der Waals surface area (Å²) >= 11 is 0. The zero-order valence-electron chi connectivity index (χ0n) is 25.0. The summed E-state index contributed by atoms with van der Waals surface area (Å²) in [6.45, 7) is 0. The Bertz CT molecular complexity index is 1310. The normalized spacial score (nSPS) is 8.51. The van der Waals surface area contributed by atoms with E-state index in [1.54, 1.807) is 91.0 Å². The topological polar surface area (TPSA) is 201 Å². The van der Waals surface area contributed by atoms with Crippen molar-refractivity contribution in [3.05, 3.63) is 187 Å². The quantitative estimate of drug-likeness (QED) is 0.186. The molecule has 47 heavy (non-hydrogen) atoms. The van der Waals surface area contributed by atoms with Gasteiger partial charge in [0.15, 0.2) is 0 Å². The second-order valence-corrected chi connectivity index (χ2v) is 8.27. The predicted molar refractivity (Wildman–Crippen MR) is 157 cm³/mol. The zero-order valence-corrected chi connectivity index (χ0v) is 25.0. The molecular weight excluding hydrogens is 599 g/mol. The van der Waals surface area contributed by atoms with E-state index in [2.05, 4.69) is 0 Å². The van der Waals surface area contributed by atoms with Crippen molar-refractivity contribution < 1.29 is 68.4 Å². The van der Waals surface area contributed by atoms with Gasteiger partial charge in [0, 0.05) is 0 Å². The van der Waals surface area contributed by atoms with Crippen molar-refractivity contribution in [3.63, 3.8) is 0 Å². The van der Waals surface area contributed by atoms with Crippen LogP contribution in [0.25, 0.3) is 0 Å². The van der Waals surface area contributed by atoms with Gasteiger partial charge in [-0.1, -0.05) is 152 Å². The van der Waals surface area contributed by atoms with Gasteiger partial charge >= 0.3 is 26.3 Å². The zero-order chi connectivity index (χ0) is 33.5. The van der Waals surface area contributed by atoms with Crippen molar-refractivity contribution >= 4 is 29.8 Å². The summed E-state index contributed by atoms with van der Waals surface area (Å²) in [6, 6.07) is 40.3. The molecule has 0 bridgehead atoms. The van der Waals surface area contributed by atoms with Crippen LogP contribution in [0.4, 0.5) is 0 Å². The molecule has 0 saturated carbocycles. The van der Waals surface area contributed by atoms with Crippen LogP contribution in [0.2, 0.25) is 0 Å². The number of hydrogen-bond acceptors (Lipinski definition) is 10. The van der Waals surface area contributed by atoms with E-state index in [4.69, 9.17) is 0 Å². The number of carboxylic acid groups (broad SMARTS) is 5. The van der Waals surface area contributed by atoms with Gasteiger partial charge in [-0.25, -0.2) is 0 Å². The van der Waals surface area contributed by atoms with Gasteiger partial charge in [0.05, 0.1) is 29.8 Å². The standard InChI is InChI=1S/5C7H6O2.C.Li/c5*8-7(9)6-4-2-1-3-5-6;;/h5*1-5H,(H,8,9);;/q;;;;;+4;+1/p-5. The Morgan fingerprint density at radius 3 is 0.447 bits per heavy atom. The average Bonchev–Trinajstić information content (AvgIpc) is 3.08. The van der Waals surface area contributed by atoms with E-state index in [1.807, 2.05) is 0 Å². The predicted octanol–water partition coefficient (Wildman–Crippen LogP) is -2.66. The maximum absolute atomic E-state index is 10.1. The van der Waals surface area contributed by atoms with Gasteiger partial charge in [-0.3, -0.25) is 0 Å². The molecule has 0 heterocycles. The molecule has 0 unspecified atom stereocenters. The minimum absolute atomic E-state index is 0. The smallest absolute Gasteiger partial charge is 0.545 e. The SMILES string of the molecule is O=C([O-])c1ccccc1.O=C([O-])c1ccccc1.O=C([O-])c1ccccc1.O=C([O-])c1ccccc1.O=C([O-])c1ccccc1.[C+4].[Li+]. The van der Waals surface area contributed by atoms with Crippen molar-refractivity contribution in [2.45, 2.75) is 0 Å². The maximum Gasteiger partial charge on any atom is 4.00 e. The average molecular weight is 625 g/mol. The molecule has 0 atom stereocenters. The number of aromatic carboxylic acids is 5. The van der Waals surface area contributed by atoms with E-state index < -0.39 is 29.8 Å². The second kappa shape index (κ2) is 25.4. The fourth-order valence-corrected chi connectivity index (χ4v) is 2.87. The Labute approximate surface area is 284 Å². The second-order valence-electron chi connectivity index (χ2n) is 8.27. The van der Waals surface area contributed by atoms with Crippen molar-refractivity contribution in [2.24, 2.45) is 0 Å². The van der Waals surface area contributed by atoms with E-state index in [0.29, 0.717) is 0 Å². The molecule has 230 valence electrons. The Morgan fingerprint density at radius 2 is 0.383 bits per heavy atom. The molecule has 0 spiro atoms. The molecule has 0 N–H and O–H groups in total. The minimum atomic E-state index is -1.13. The molecule has 5 aromatic rings. The summed E-state index contributed by atoms with van der Waals surface area (Å²) in [6.07, 6.45) is 0. The summed E-state index contributed by atoms with van der Waals surface area (Å²) < 4.78 is 0. The van der Waals surface area contributed by atoms with Crippen LogP contribution in [0.3, 0.4) is 0 Å². The van der Waals surface area contributed by atoms with Crippen molar-refractivity contribution in [2.75, 3.05) is 0 Å². The minimum Gasteiger partial charge on any atom is -0.545 e. The number of carbonyl (C=O) groups excluding carboxylic acids is 5. The maximum atomic E-state index is 10.1. The van der Waals surface area contributed by atoms with E-state index in [-0.39, 0.29) is 54.1 Å². The Hall–Kier alpha value is -5.95. The summed E-state index contributed by atoms with van der Waals surface area (Å²) in [5.74, 6) is -5.65. The molecule has 0 amide bonds. The molecule has 0 saturated heterocycles. The van der Waals surface area contributed by atoms with Gasteiger partial charge in [0.2, 0.25) is 0 Å². The van der Waals surface area contributed by atoms with Crippen LogP contribution < -0.4 is 44.4 Å². The first-order valence-corrected chi connectivity index (χ1v) is 12.8. The first-order chi connectivity index (χ1) is 21.5. The fourth-order valence-electron chi connectivity index (χ4n) is 2.87. The number of benzene rings is 5. The molecule has 11 heteroatoms. The molecular formula is C36H25LiO10. The molecule has 5 rings (SSSR count). The molecule has 0 aliphatic heterocycles. The summed E-state index contributed by atoms with van der Waals surface area (Å²) in [5.41, 5.74) is 1.10. The summed E-state index contributed by atoms with van der Waals surface area (Å²) in [7, 11) is 0. The Balaban J connectivity index is 0. The van der Waals surface area contributed by atoms with Crippen LogP contribution in [0.1, 0.15) is 51.8 Å². The number of hydrogen-bond donors (Lipinski definition) is 0. The van der Waals surface area contributed by atoms with Crippen LogP contribution in [-0.2, 0) is 0 Å². The van der Waals surface area contributed by atoms with Gasteiger partial charge in [0.25, 0.3) is 0 Å². The third-order valence-electron chi connectivity index (χ3n) is 5.05. The van der Waals surface area contributed by atoms with Gasteiger partial charge in [-0.15, -0.1) is 0 Å². The van der Waals surface area contributed by atoms with E-state index in [9.17, 15) is 49.5 Å². The number of carboxylic acids is 5. The molecule has 0 aliphatic carbocycles. The van der Waals surface area contributed by atoms with Gasteiger partial charge < -0.3 is 49.5 Å². The largest absolute Gasteiger partial charge is 4.00 e. The molecule has 5 aromatic carbocycles. The molecule has 0 aromatic heterocycles. The fraction of sp³-hybridized carbons (Fsp3) is 0. The van der Waals surface area contributed by atoms with Crippen molar-refractivity contribution in [1.29, 1.82) is 0 Å². The van der Waals surface area contributed by atoms with Gasteiger partial charge in [-0.05, 0) is 27.8 Å². The third-order valence-corrected chi connectivity index (χ3v) is 5.05. The number of rotatable bonds is 5.